The number of carboxylic acids is 2. The highest BCUT2D eigenvalue weighted by Gasteiger charge is 2.26. The van der Waals surface area contributed by atoms with E-state index in [1.165, 1.54) is 0 Å². The van der Waals surface area contributed by atoms with Crippen molar-refractivity contribution in [3.05, 3.63) is 78.1 Å². The molecule has 2 amide bonds. The molecular formula is C23H21N3O6. The Morgan fingerprint density at radius 2 is 1.31 bits per heavy atom. The summed E-state index contributed by atoms with van der Waals surface area (Å²) in [6.07, 6.45) is 3.23. The quantitative estimate of drug-likeness (QED) is 0.589. The second-order valence-corrected chi connectivity index (χ2v) is 6.96. The molecular weight excluding hydrogens is 414 g/mol. The zero-order chi connectivity index (χ0) is 23.1. The van der Waals surface area contributed by atoms with Gasteiger partial charge in [0.1, 0.15) is 0 Å². The number of carboxylic acid groups (broad SMARTS) is 2. The van der Waals surface area contributed by atoms with E-state index >= 15 is 0 Å². The first-order chi connectivity index (χ1) is 15.4. The van der Waals surface area contributed by atoms with E-state index in [9.17, 15) is 9.59 Å². The lowest BCUT2D eigenvalue weighted by Crippen LogP contribution is -2.50. The van der Waals surface area contributed by atoms with Crippen molar-refractivity contribution in [2.75, 3.05) is 26.2 Å². The third-order valence-corrected chi connectivity index (χ3v) is 4.97. The van der Waals surface area contributed by atoms with Crippen LogP contribution in [0.3, 0.4) is 0 Å². The molecule has 9 nitrogen and oxygen atoms in total. The van der Waals surface area contributed by atoms with E-state index in [0.29, 0.717) is 31.7 Å². The van der Waals surface area contributed by atoms with E-state index in [1.54, 1.807) is 29.4 Å². The normalized spacial score (nSPS) is 13.1. The third-order valence-electron chi connectivity index (χ3n) is 4.97. The molecule has 0 spiro atoms. The Bertz CT molecular complexity index is 1120. The highest BCUT2D eigenvalue weighted by atomic mass is 16.4. The summed E-state index contributed by atoms with van der Waals surface area (Å²) in [7, 11) is 0. The molecule has 2 N–H and O–H groups in total. The van der Waals surface area contributed by atoms with Crippen LogP contribution >= 0.6 is 0 Å². The Hall–Kier alpha value is -4.27. The summed E-state index contributed by atoms with van der Waals surface area (Å²) < 4.78 is 0. The fraction of sp³-hybridized carbons (Fsp3) is 0.174. The van der Waals surface area contributed by atoms with Gasteiger partial charge in [-0.25, -0.2) is 9.59 Å². The molecule has 164 valence electrons. The number of carbonyl (C=O) groups is 4. The van der Waals surface area contributed by atoms with Crippen molar-refractivity contribution < 1.29 is 29.4 Å². The van der Waals surface area contributed by atoms with Crippen LogP contribution in [-0.4, -0.2) is 74.9 Å². The number of amides is 2. The molecule has 1 fully saturated rings. The summed E-state index contributed by atoms with van der Waals surface area (Å²) in [5, 5.41) is 16.8. The van der Waals surface area contributed by atoms with Crippen LogP contribution in [-0.2, 0) is 9.59 Å². The van der Waals surface area contributed by atoms with Crippen LogP contribution in [0.4, 0.5) is 0 Å². The number of rotatable bonds is 2. The largest absolute Gasteiger partial charge is 0.473 e. The molecule has 3 aromatic rings. The standard InChI is InChI=1S/C21H19N3O2.C2H2O4/c25-20(17-7-4-10-22-15-17)23-11-13-24(14-12-23)21(26)19-9-3-6-16-5-1-2-8-18(16)19;3-1(4)2(5)6/h1-10,15H,11-14H2;(H,3,4)(H,5,6). The van der Waals surface area contributed by atoms with Crippen LogP contribution in [0, 0.1) is 0 Å². The molecule has 0 bridgehead atoms. The van der Waals surface area contributed by atoms with Crippen LogP contribution in [0.1, 0.15) is 20.7 Å². The van der Waals surface area contributed by atoms with Gasteiger partial charge in [-0.3, -0.25) is 14.6 Å². The van der Waals surface area contributed by atoms with Gasteiger partial charge in [-0.15, -0.1) is 0 Å². The van der Waals surface area contributed by atoms with Crippen molar-refractivity contribution in [3.8, 4) is 0 Å². The third kappa shape index (κ3) is 5.25. The molecule has 1 aliphatic rings. The van der Waals surface area contributed by atoms with Crippen molar-refractivity contribution in [1.29, 1.82) is 0 Å². The summed E-state index contributed by atoms with van der Waals surface area (Å²) in [6.45, 7) is 2.14. The number of nitrogens with zero attached hydrogens (tertiary/aromatic N) is 3. The minimum Gasteiger partial charge on any atom is -0.473 e. The Morgan fingerprint density at radius 1 is 0.719 bits per heavy atom. The zero-order valence-corrected chi connectivity index (χ0v) is 17.0. The summed E-state index contributed by atoms with van der Waals surface area (Å²) in [4.78, 5) is 51.3. The van der Waals surface area contributed by atoms with Crippen LogP contribution < -0.4 is 0 Å². The first-order valence-corrected chi connectivity index (χ1v) is 9.81. The number of carbonyl (C=O) groups excluding carboxylic acids is 2. The SMILES string of the molecule is O=C(O)C(=O)O.O=C(c1cccnc1)N1CCN(C(=O)c2cccc3ccccc23)CC1. The van der Waals surface area contributed by atoms with Crippen molar-refractivity contribution in [2.24, 2.45) is 0 Å². The Kier molecular flexibility index (Phi) is 7.12. The lowest BCUT2D eigenvalue weighted by atomic mass is 10.0. The molecule has 32 heavy (non-hydrogen) atoms. The zero-order valence-electron chi connectivity index (χ0n) is 17.0. The molecule has 1 saturated heterocycles. The van der Waals surface area contributed by atoms with Gasteiger partial charge in [-0.05, 0) is 29.0 Å². The second kappa shape index (κ2) is 10.2. The monoisotopic (exact) mass is 435 g/mol. The lowest BCUT2D eigenvalue weighted by molar-refractivity contribution is -0.159. The van der Waals surface area contributed by atoms with Gasteiger partial charge in [-0.2, -0.15) is 0 Å². The van der Waals surface area contributed by atoms with Gasteiger partial charge in [0, 0.05) is 44.1 Å². The molecule has 9 heteroatoms. The summed E-state index contributed by atoms with van der Waals surface area (Å²) >= 11 is 0. The first-order valence-electron chi connectivity index (χ1n) is 9.81. The minimum absolute atomic E-state index is 0.0234. The smallest absolute Gasteiger partial charge is 0.414 e. The molecule has 0 radical (unpaired) electrons. The molecule has 4 rings (SSSR count). The number of aliphatic carboxylic acids is 2. The maximum absolute atomic E-state index is 13.0. The number of aromatic nitrogens is 1. The van der Waals surface area contributed by atoms with Crippen LogP contribution in [0.2, 0.25) is 0 Å². The fourth-order valence-electron chi connectivity index (χ4n) is 3.37. The number of pyridine rings is 1. The molecule has 1 aromatic heterocycles. The van der Waals surface area contributed by atoms with Gasteiger partial charge in [-0.1, -0.05) is 36.4 Å². The average Bonchev–Trinajstić information content (AvgIpc) is 2.84. The van der Waals surface area contributed by atoms with Crippen LogP contribution in [0.15, 0.2) is 67.0 Å². The highest BCUT2D eigenvalue weighted by Crippen LogP contribution is 2.21. The topological polar surface area (TPSA) is 128 Å². The van der Waals surface area contributed by atoms with Gasteiger partial charge in [0.25, 0.3) is 11.8 Å². The van der Waals surface area contributed by atoms with Gasteiger partial charge < -0.3 is 20.0 Å². The Balaban J connectivity index is 0.000000427. The van der Waals surface area contributed by atoms with Crippen molar-refractivity contribution in [2.45, 2.75) is 0 Å². The van der Waals surface area contributed by atoms with E-state index in [2.05, 4.69) is 4.98 Å². The van der Waals surface area contributed by atoms with Gasteiger partial charge in [0.15, 0.2) is 0 Å². The van der Waals surface area contributed by atoms with Crippen LogP contribution in [0.5, 0.6) is 0 Å². The summed E-state index contributed by atoms with van der Waals surface area (Å²) in [5.41, 5.74) is 1.30. The van der Waals surface area contributed by atoms with E-state index in [1.807, 2.05) is 47.4 Å². The van der Waals surface area contributed by atoms with Gasteiger partial charge >= 0.3 is 11.9 Å². The summed E-state index contributed by atoms with van der Waals surface area (Å²) in [6, 6.07) is 17.2. The molecule has 0 atom stereocenters. The maximum Gasteiger partial charge on any atom is 0.414 e. The predicted molar refractivity (Wildman–Crippen MR) is 115 cm³/mol. The molecule has 1 aliphatic heterocycles. The van der Waals surface area contributed by atoms with E-state index in [0.717, 1.165) is 16.3 Å². The molecule has 0 aliphatic carbocycles. The average molecular weight is 435 g/mol. The van der Waals surface area contributed by atoms with Gasteiger partial charge in [0.2, 0.25) is 0 Å². The summed E-state index contributed by atoms with van der Waals surface area (Å²) in [5.74, 6) is -3.66. The van der Waals surface area contributed by atoms with E-state index < -0.39 is 11.9 Å². The number of fused-ring (bicyclic) bond motifs is 1. The number of benzene rings is 2. The lowest BCUT2D eigenvalue weighted by Gasteiger charge is -2.35. The molecule has 0 unspecified atom stereocenters. The van der Waals surface area contributed by atoms with Crippen molar-refractivity contribution >= 4 is 34.5 Å². The Morgan fingerprint density at radius 3 is 1.91 bits per heavy atom. The molecule has 2 aromatic carbocycles. The minimum atomic E-state index is -1.82. The predicted octanol–water partition coefficient (Wildman–Crippen LogP) is 1.99. The van der Waals surface area contributed by atoms with Crippen LogP contribution in [0.25, 0.3) is 10.8 Å². The fourth-order valence-corrected chi connectivity index (χ4v) is 3.37. The van der Waals surface area contributed by atoms with Crippen molar-refractivity contribution in [1.82, 2.24) is 14.8 Å². The Labute approximate surface area is 183 Å². The maximum atomic E-state index is 13.0. The van der Waals surface area contributed by atoms with Crippen molar-refractivity contribution in [3.63, 3.8) is 0 Å². The van der Waals surface area contributed by atoms with E-state index in [-0.39, 0.29) is 11.8 Å². The number of hydrogen-bond donors (Lipinski definition) is 2. The number of piperazine rings is 1. The van der Waals surface area contributed by atoms with Gasteiger partial charge in [0.05, 0.1) is 5.56 Å². The first kappa shape index (κ1) is 22.4. The number of hydrogen-bond acceptors (Lipinski definition) is 5. The second-order valence-electron chi connectivity index (χ2n) is 6.96. The highest BCUT2D eigenvalue weighted by molar-refractivity contribution is 6.27. The molecule has 0 saturated carbocycles. The molecule has 2 heterocycles. The van der Waals surface area contributed by atoms with E-state index in [4.69, 9.17) is 19.8 Å².